The molecule has 0 aliphatic heterocycles. The molecule has 2 rings (SSSR count). The van der Waals surface area contributed by atoms with Gasteiger partial charge in [0.25, 0.3) is 0 Å². The molecule has 1 aliphatic carbocycles. The van der Waals surface area contributed by atoms with E-state index in [0.717, 1.165) is 12.0 Å². The van der Waals surface area contributed by atoms with Crippen LogP contribution in [0.5, 0.6) is 0 Å². The summed E-state index contributed by atoms with van der Waals surface area (Å²) in [5.41, 5.74) is 1.14. The number of ether oxygens (including phenoxy) is 1. The van der Waals surface area contributed by atoms with Gasteiger partial charge in [-0.2, -0.15) is 0 Å². The summed E-state index contributed by atoms with van der Waals surface area (Å²) in [6.45, 7) is 0. The van der Waals surface area contributed by atoms with E-state index in [4.69, 9.17) is 4.74 Å². The fraction of sp³-hybridized carbons (Fsp3) is 0.333. The van der Waals surface area contributed by atoms with Gasteiger partial charge >= 0.3 is 0 Å². The summed E-state index contributed by atoms with van der Waals surface area (Å²) >= 11 is 0. The van der Waals surface area contributed by atoms with Crippen LogP contribution in [-0.2, 0) is 15.5 Å². The molecule has 0 saturated carbocycles. The van der Waals surface area contributed by atoms with Gasteiger partial charge in [0.1, 0.15) is 13.5 Å². The molecule has 0 saturated heterocycles. The minimum absolute atomic E-state index is 0.0198. The highest BCUT2D eigenvalue weighted by Crippen LogP contribution is 2.55. The molecule has 1 aromatic carbocycles. The highest BCUT2D eigenvalue weighted by molar-refractivity contribution is 7.64. The second-order valence-electron chi connectivity index (χ2n) is 4.60. The molecule has 0 amide bonds. The van der Waals surface area contributed by atoms with E-state index in [2.05, 4.69) is 24.3 Å². The molecule has 3 heteroatoms. The van der Waals surface area contributed by atoms with Gasteiger partial charge in [0.2, 0.25) is 0 Å². The summed E-state index contributed by atoms with van der Waals surface area (Å²) in [4.78, 5) is 0. The summed E-state index contributed by atoms with van der Waals surface area (Å²) in [5, 5.41) is 0. The maximum Gasteiger partial charge on any atom is 0.126 e. The highest BCUT2D eigenvalue weighted by atomic mass is 31.2. The average molecular weight is 262 g/mol. The van der Waals surface area contributed by atoms with E-state index in [9.17, 15) is 4.57 Å². The molecule has 2 nitrogen and oxygen atoms in total. The van der Waals surface area contributed by atoms with Crippen LogP contribution in [0.4, 0.5) is 0 Å². The topological polar surface area (TPSA) is 26.3 Å². The summed E-state index contributed by atoms with van der Waals surface area (Å²) < 4.78 is 18.3. The Morgan fingerprint density at radius 3 is 2.50 bits per heavy atom. The van der Waals surface area contributed by atoms with E-state index in [1.807, 2.05) is 30.3 Å². The van der Waals surface area contributed by atoms with Crippen LogP contribution in [0.15, 0.2) is 54.6 Å². The third kappa shape index (κ3) is 3.22. The number of hydrogen-bond acceptors (Lipinski definition) is 2. The highest BCUT2D eigenvalue weighted by Gasteiger charge is 2.30. The standard InChI is InChI=1S/C15H19O2P/c1-17-13-18(16,15-10-6-3-7-11-15)12-14-8-4-2-5-9-14/h2,4-11,15H,3,12-13H2,1H3. The van der Waals surface area contributed by atoms with Crippen molar-refractivity contribution >= 4 is 7.14 Å². The molecule has 96 valence electrons. The Kier molecular flexibility index (Phi) is 4.57. The van der Waals surface area contributed by atoms with Gasteiger partial charge in [0.05, 0.1) is 5.66 Å². The second-order valence-corrected chi connectivity index (χ2v) is 7.67. The van der Waals surface area contributed by atoms with Gasteiger partial charge in [-0.15, -0.1) is 0 Å². The van der Waals surface area contributed by atoms with Crippen LogP contribution in [0.25, 0.3) is 0 Å². The Morgan fingerprint density at radius 2 is 1.89 bits per heavy atom. The zero-order valence-corrected chi connectivity index (χ0v) is 11.6. The molecule has 1 unspecified atom stereocenters. The van der Waals surface area contributed by atoms with Crippen molar-refractivity contribution in [2.45, 2.75) is 18.2 Å². The minimum Gasteiger partial charge on any atom is -0.377 e. The molecular weight excluding hydrogens is 243 g/mol. The smallest absolute Gasteiger partial charge is 0.126 e. The Labute approximate surface area is 109 Å². The predicted molar refractivity (Wildman–Crippen MR) is 76.3 cm³/mol. The lowest BCUT2D eigenvalue weighted by atomic mass is 10.2. The van der Waals surface area contributed by atoms with Gasteiger partial charge in [-0.1, -0.05) is 54.6 Å². The maximum absolute atomic E-state index is 13.1. The van der Waals surface area contributed by atoms with Crippen LogP contribution >= 0.6 is 7.14 Å². The molecule has 1 aromatic rings. The second kappa shape index (κ2) is 6.17. The molecule has 0 spiro atoms. The van der Waals surface area contributed by atoms with Crippen molar-refractivity contribution in [2.24, 2.45) is 0 Å². The Balaban J connectivity index is 2.21. The predicted octanol–water partition coefficient (Wildman–Crippen LogP) is 4.04. The number of hydrogen-bond donors (Lipinski definition) is 0. The largest absolute Gasteiger partial charge is 0.377 e. The van der Waals surface area contributed by atoms with Crippen molar-refractivity contribution in [1.29, 1.82) is 0 Å². The maximum atomic E-state index is 13.1. The van der Waals surface area contributed by atoms with E-state index >= 15 is 0 Å². The van der Waals surface area contributed by atoms with Crippen LogP contribution in [0, 0.1) is 0 Å². The molecule has 0 aromatic heterocycles. The van der Waals surface area contributed by atoms with Crippen molar-refractivity contribution in [3.8, 4) is 0 Å². The van der Waals surface area contributed by atoms with Crippen LogP contribution in [0.2, 0.25) is 0 Å². The van der Waals surface area contributed by atoms with Gasteiger partial charge in [-0.05, 0) is 12.0 Å². The average Bonchev–Trinajstić information content (AvgIpc) is 2.41. The molecule has 1 atom stereocenters. The molecular formula is C15H19O2P. The monoisotopic (exact) mass is 262 g/mol. The quantitative estimate of drug-likeness (QED) is 0.591. The minimum atomic E-state index is -2.41. The summed E-state index contributed by atoms with van der Waals surface area (Å²) in [6.07, 6.45) is 10.2. The number of rotatable bonds is 5. The van der Waals surface area contributed by atoms with E-state index in [1.165, 1.54) is 0 Å². The molecule has 0 radical (unpaired) electrons. The van der Waals surface area contributed by atoms with Crippen molar-refractivity contribution in [1.82, 2.24) is 0 Å². The molecule has 18 heavy (non-hydrogen) atoms. The Hall–Kier alpha value is -1.11. The van der Waals surface area contributed by atoms with Crippen molar-refractivity contribution in [2.75, 3.05) is 13.5 Å². The SMILES string of the molecule is COCP(=O)(Cc1ccccc1)C1C=CCC=C1. The lowest BCUT2D eigenvalue weighted by molar-refractivity contribution is 0.248. The molecule has 1 aliphatic rings. The zero-order chi connectivity index (χ0) is 12.8. The van der Waals surface area contributed by atoms with Crippen LogP contribution in [0.1, 0.15) is 12.0 Å². The van der Waals surface area contributed by atoms with Gasteiger partial charge in [0, 0.05) is 13.3 Å². The van der Waals surface area contributed by atoms with Crippen LogP contribution in [-0.4, -0.2) is 19.1 Å². The fourth-order valence-electron chi connectivity index (χ4n) is 2.24. The van der Waals surface area contributed by atoms with E-state index in [0.29, 0.717) is 12.5 Å². The first-order valence-electron chi connectivity index (χ1n) is 6.18. The first kappa shape index (κ1) is 13.3. The zero-order valence-electron chi connectivity index (χ0n) is 10.7. The lowest BCUT2D eigenvalue weighted by Crippen LogP contribution is -2.10. The first-order valence-corrected chi connectivity index (χ1v) is 8.33. The molecule has 0 N–H and O–H groups in total. The van der Waals surface area contributed by atoms with Gasteiger partial charge in [-0.25, -0.2) is 0 Å². The molecule has 0 heterocycles. The van der Waals surface area contributed by atoms with Gasteiger partial charge < -0.3 is 9.30 Å². The Bertz CT molecular complexity index is 465. The van der Waals surface area contributed by atoms with Crippen molar-refractivity contribution in [3.63, 3.8) is 0 Å². The number of methoxy groups -OCH3 is 1. The third-order valence-electron chi connectivity index (χ3n) is 3.12. The van der Waals surface area contributed by atoms with E-state index in [1.54, 1.807) is 7.11 Å². The number of benzene rings is 1. The molecule has 0 bridgehead atoms. The Morgan fingerprint density at radius 1 is 1.22 bits per heavy atom. The third-order valence-corrected chi connectivity index (χ3v) is 6.15. The first-order chi connectivity index (χ1) is 8.74. The molecule has 0 fully saturated rings. The van der Waals surface area contributed by atoms with Gasteiger partial charge in [-0.3, -0.25) is 0 Å². The summed E-state index contributed by atoms with van der Waals surface area (Å²) in [6, 6.07) is 10.0. The summed E-state index contributed by atoms with van der Waals surface area (Å²) in [5.74, 6) is 0. The normalized spacial score (nSPS) is 18.7. The van der Waals surface area contributed by atoms with Crippen LogP contribution in [0.3, 0.4) is 0 Å². The van der Waals surface area contributed by atoms with Gasteiger partial charge in [0.15, 0.2) is 0 Å². The van der Waals surface area contributed by atoms with E-state index in [-0.39, 0.29) is 5.66 Å². The van der Waals surface area contributed by atoms with Crippen molar-refractivity contribution in [3.05, 3.63) is 60.2 Å². The van der Waals surface area contributed by atoms with E-state index < -0.39 is 7.14 Å². The lowest BCUT2D eigenvalue weighted by Gasteiger charge is -2.24. The summed E-state index contributed by atoms with van der Waals surface area (Å²) in [7, 11) is -0.794. The number of allylic oxidation sites excluding steroid dienone is 4. The fourth-order valence-corrected chi connectivity index (χ4v) is 4.85. The van der Waals surface area contributed by atoms with Crippen LogP contribution < -0.4 is 0 Å². The van der Waals surface area contributed by atoms with Crippen molar-refractivity contribution < 1.29 is 9.30 Å².